The van der Waals surface area contributed by atoms with Gasteiger partial charge in [0.25, 0.3) is 0 Å². The molecule has 1 aliphatic heterocycles. The van der Waals surface area contributed by atoms with E-state index in [0.29, 0.717) is 6.04 Å². The second kappa shape index (κ2) is 5.09. The quantitative estimate of drug-likeness (QED) is 0.906. The zero-order valence-electron chi connectivity index (χ0n) is 10.5. The Morgan fingerprint density at radius 1 is 1.29 bits per heavy atom. The molecule has 0 amide bonds. The number of piperidine rings is 1. The molecule has 0 aliphatic carbocycles. The van der Waals surface area contributed by atoms with Gasteiger partial charge in [0.2, 0.25) is 0 Å². The minimum Gasteiger partial charge on any atom is -0.385 e. The van der Waals surface area contributed by atoms with Crippen molar-refractivity contribution in [2.75, 3.05) is 13.1 Å². The fourth-order valence-corrected chi connectivity index (χ4v) is 2.88. The maximum absolute atomic E-state index is 10.7. The highest BCUT2D eigenvalue weighted by molar-refractivity contribution is 9.10. The molecule has 0 aromatic heterocycles. The highest BCUT2D eigenvalue weighted by Gasteiger charge is 2.34. The number of benzene rings is 1. The van der Waals surface area contributed by atoms with Gasteiger partial charge in [0, 0.05) is 23.6 Å². The number of likely N-dealkylation sites (tertiary alicyclic amines) is 1. The zero-order valence-corrected chi connectivity index (χ0v) is 12.1. The van der Waals surface area contributed by atoms with Crippen molar-refractivity contribution < 1.29 is 5.11 Å². The van der Waals surface area contributed by atoms with Crippen LogP contribution in [-0.2, 0) is 5.60 Å². The van der Waals surface area contributed by atoms with Crippen molar-refractivity contribution >= 4 is 15.9 Å². The fraction of sp³-hybridized carbons (Fsp3) is 0.571. The van der Waals surface area contributed by atoms with E-state index in [-0.39, 0.29) is 0 Å². The van der Waals surface area contributed by atoms with E-state index in [1.54, 1.807) is 0 Å². The van der Waals surface area contributed by atoms with Gasteiger partial charge in [-0.05, 0) is 44.4 Å². The van der Waals surface area contributed by atoms with E-state index >= 15 is 0 Å². The summed E-state index contributed by atoms with van der Waals surface area (Å²) in [5, 5.41) is 10.7. The van der Waals surface area contributed by atoms with Crippen LogP contribution in [0.15, 0.2) is 28.7 Å². The number of nitrogens with zero attached hydrogens (tertiary/aromatic N) is 1. The molecule has 3 heteroatoms. The van der Waals surface area contributed by atoms with Crippen LogP contribution in [0, 0.1) is 0 Å². The van der Waals surface area contributed by atoms with Crippen molar-refractivity contribution in [1.82, 2.24) is 4.90 Å². The van der Waals surface area contributed by atoms with Gasteiger partial charge in [-0.15, -0.1) is 0 Å². The lowest BCUT2D eigenvalue weighted by Crippen LogP contribution is -2.45. The van der Waals surface area contributed by atoms with Gasteiger partial charge < -0.3 is 10.0 Å². The fourth-order valence-electron chi connectivity index (χ4n) is 2.48. The highest BCUT2D eigenvalue weighted by atomic mass is 79.9. The summed E-state index contributed by atoms with van der Waals surface area (Å²) in [5.74, 6) is 0. The molecule has 2 rings (SSSR count). The summed E-state index contributed by atoms with van der Waals surface area (Å²) in [6, 6.07) is 8.62. The lowest BCUT2D eigenvalue weighted by molar-refractivity contribution is -0.0324. The summed E-state index contributed by atoms with van der Waals surface area (Å²) < 4.78 is 1.04. The third-order valence-corrected chi connectivity index (χ3v) is 4.21. The van der Waals surface area contributed by atoms with Gasteiger partial charge in [-0.25, -0.2) is 0 Å². The van der Waals surface area contributed by atoms with Gasteiger partial charge in [-0.2, -0.15) is 0 Å². The minimum atomic E-state index is -0.644. The molecule has 1 aromatic carbocycles. The van der Waals surface area contributed by atoms with Crippen molar-refractivity contribution in [2.45, 2.75) is 38.3 Å². The molecule has 0 bridgehead atoms. The van der Waals surface area contributed by atoms with Crippen LogP contribution in [-0.4, -0.2) is 29.1 Å². The third kappa shape index (κ3) is 2.90. The highest BCUT2D eigenvalue weighted by Crippen LogP contribution is 2.34. The Bertz CT molecular complexity index is 384. The van der Waals surface area contributed by atoms with Crippen LogP contribution in [0.3, 0.4) is 0 Å². The SMILES string of the molecule is CC(C)N1CCC(O)(c2cccc(Br)c2)CC1. The van der Waals surface area contributed by atoms with Crippen LogP contribution >= 0.6 is 15.9 Å². The molecule has 0 radical (unpaired) electrons. The molecule has 1 heterocycles. The van der Waals surface area contributed by atoms with Gasteiger partial charge >= 0.3 is 0 Å². The first-order valence-electron chi connectivity index (χ1n) is 6.24. The normalized spacial score (nSPS) is 20.8. The van der Waals surface area contributed by atoms with Gasteiger partial charge in [-0.3, -0.25) is 0 Å². The molecule has 1 N–H and O–H groups in total. The van der Waals surface area contributed by atoms with E-state index in [1.807, 2.05) is 24.3 Å². The molecule has 1 aromatic rings. The first kappa shape index (κ1) is 13.1. The molecule has 1 aliphatic rings. The smallest absolute Gasteiger partial charge is 0.0921 e. The predicted molar refractivity (Wildman–Crippen MR) is 74.0 cm³/mol. The lowest BCUT2D eigenvalue weighted by atomic mass is 9.84. The van der Waals surface area contributed by atoms with E-state index in [9.17, 15) is 5.11 Å². The van der Waals surface area contributed by atoms with E-state index < -0.39 is 5.60 Å². The number of rotatable bonds is 2. The monoisotopic (exact) mass is 297 g/mol. The Kier molecular flexibility index (Phi) is 3.91. The summed E-state index contributed by atoms with van der Waals surface area (Å²) in [4.78, 5) is 2.42. The molecule has 1 saturated heterocycles. The molecule has 0 spiro atoms. The zero-order chi connectivity index (χ0) is 12.5. The Morgan fingerprint density at radius 2 is 1.94 bits per heavy atom. The Balaban J connectivity index is 2.12. The molecule has 1 fully saturated rings. The summed E-state index contributed by atoms with van der Waals surface area (Å²) in [6.45, 7) is 6.37. The van der Waals surface area contributed by atoms with Crippen LogP contribution in [0.2, 0.25) is 0 Å². The molecular weight excluding hydrogens is 278 g/mol. The Labute approximate surface area is 112 Å². The maximum Gasteiger partial charge on any atom is 0.0921 e. The topological polar surface area (TPSA) is 23.5 Å². The van der Waals surface area contributed by atoms with Crippen LogP contribution in [0.5, 0.6) is 0 Å². The van der Waals surface area contributed by atoms with Crippen molar-refractivity contribution in [2.24, 2.45) is 0 Å². The van der Waals surface area contributed by atoms with E-state index in [1.165, 1.54) is 0 Å². The van der Waals surface area contributed by atoms with Gasteiger partial charge in [0.1, 0.15) is 0 Å². The van der Waals surface area contributed by atoms with Gasteiger partial charge in [-0.1, -0.05) is 28.1 Å². The van der Waals surface area contributed by atoms with E-state index in [4.69, 9.17) is 0 Å². The second-order valence-electron chi connectivity index (χ2n) is 5.17. The van der Waals surface area contributed by atoms with Crippen LogP contribution in [0.4, 0.5) is 0 Å². The van der Waals surface area contributed by atoms with Crippen molar-refractivity contribution in [3.63, 3.8) is 0 Å². The summed E-state index contributed by atoms with van der Waals surface area (Å²) in [6.07, 6.45) is 1.64. The van der Waals surface area contributed by atoms with Gasteiger partial charge in [0.05, 0.1) is 5.60 Å². The van der Waals surface area contributed by atoms with E-state index in [0.717, 1.165) is 36.0 Å². The average Bonchev–Trinajstić information content (AvgIpc) is 2.29. The minimum absolute atomic E-state index is 0.571. The summed E-state index contributed by atoms with van der Waals surface area (Å²) in [5.41, 5.74) is 0.394. The first-order valence-corrected chi connectivity index (χ1v) is 7.03. The van der Waals surface area contributed by atoms with Crippen LogP contribution in [0.1, 0.15) is 32.3 Å². The van der Waals surface area contributed by atoms with Crippen LogP contribution in [0.25, 0.3) is 0 Å². The number of hydrogen-bond donors (Lipinski definition) is 1. The largest absolute Gasteiger partial charge is 0.385 e. The maximum atomic E-state index is 10.7. The number of hydrogen-bond acceptors (Lipinski definition) is 2. The molecule has 0 unspecified atom stereocenters. The average molecular weight is 298 g/mol. The molecule has 0 atom stereocenters. The van der Waals surface area contributed by atoms with Crippen LogP contribution < -0.4 is 0 Å². The number of halogens is 1. The lowest BCUT2D eigenvalue weighted by Gasteiger charge is -2.40. The molecule has 17 heavy (non-hydrogen) atoms. The summed E-state index contributed by atoms with van der Waals surface area (Å²) >= 11 is 3.47. The van der Waals surface area contributed by atoms with Gasteiger partial charge in [0.15, 0.2) is 0 Å². The standard InChI is InChI=1S/C14H20BrNO/c1-11(2)16-8-6-14(17,7-9-16)12-4-3-5-13(15)10-12/h3-5,10-11,17H,6-9H2,1-2H3. The summed E-state index contributed by atoms with van der Waals surface area (Å²) in [7, 11) is 0. The van der Waals surface area contributed by atoms with Crippen molar-refractivity contribution in [3.8, 4) is 0 Å². The third-order valence-electron chi connectivity index (χ3n) is 3.72. The molecular formula is C14H20BrNO. The molecule has 2 nitrogen and oxygen atoms in total. The first-order chi connectivity index (χ1) is 8.01. The Hall–Kier alpha value is -0.380. The van der Waals surface area contributed by atoms with Crippen molar-refractivity contribution in [1.29, 1.82) is 0 Å². The number of aliphatic hydroxyl groups is 1. The molecule has 0 saturated carbocycles. The predicted octanol–water partition coefficient (Wildman–Crippen LogP) is 3.14. The Morgan fingerprint density at radius 3 is 2.47 bits per heavy atom. The second-order valence-corrected chi connectivity index (χ2v) is 6.09. The van der Waals surface area contributed by atoms with Crippen molar-refractivity contribution in [3.05, 3.63) is 34.3 Å². The molecule has 94 valence electrons. The van der Waals surface area contributed by atoms with E-state index in [2.05, 4.69) is 34.7 Å².